The predicted octanol–water partition coefficient (Wildman–Crippen LogP) is 1.09. The van der Waals surface area contributed by atoms with Crippen LogP contribution >= 0.6 is 0 Å². The van der Waals surface area contributed by atoms with Crippen LogP contribution in [0.25, 0.3) is 0 Å². The van der Waals surface area contributed by atoms with Gasteiger partial charge in [0.25, 0.3) is 5.56 Å². The summed E-state index contributed by atoms with van der Waals surface area (Å²) >= 11 is 0. The van der Waals surface area contributed by atoms with Gasteiger partial charge in [0.05, 0.1) is 18.9 Å². The molecule has 5 heterocycles. The molecule has 2 aromatic heterocycles. The van der Waals surface area contributed by atoms with Crippen LogP contribution in [0.15, 0.2) is 35.5 Å². The Balaban J connectivity index is 1.34. The molecule has 3 aliphatic rings. The minimum atomic E-state index is 0.209. The first-order valence-corrected chi connectivity index (χ1v) is 10.3. The summed E-state index contributed by atoms with van der Waals surface area (Å²) in [5.74, 6) is 0.952. The van der Waals surface area contributed by atoms with Gasteiger partial charge in [-0.3, -0.25) is 24.6 Å². The van der Waals surface area contributed by atoms with Crippen LogP contribution in [-0.2, 0) is 24.4 Å². The number of hydrogen-bond donors (Lipinski definition) is 0. The number of piperidine rings is 1. The molecule has 0 aliphatic carbocycles. The molecule has 0 spiro atoms. The maximum atomic E-state index is 13.2. The highest BCUT2D eigenvalue weighted by atomic mass is 16.5. The van der Waals surface area contributed by atoms with Gasteiger partial charge in [-0.1, -0.05) is 6.07 Å². The number of fused-ring (bicyclic) bond motifs is 4. The molecular formula is C21H27N5O2. The zero-order valence-corrected chi connectivity index (χ0v) is 16.2. The van der Waals surface area contributed by atoms with Gasteiger partial charge in [0.1, 0.15) is 0 Å². The Labute approximate surface area is 165 Å². The monoisotopic (exact) mass is 381 g/mol. The van der Waals surface area contributed by atoms with Crippen LogP contribution in [0.2, 0.25) is 0 Å². The van der Waals surface area contributed by atoms with Gasteiger partial charge < -0.3 is 9.30 Å². The molecule has 2 atom stereocenters. The SMILES string of the molecule is O=c1c(CN2CCOCC2)ccc2n1C[C@H]1C[C@@H]2CN(Cc2cnccn2)C1. The number of aromatic nitrogens is 3. The van der Waals surface area contributed by atoms with Crippen LogP contribution in [-0.4, -0.2) is 63.7 Å². The van der Waals surface area contributed by atoms with E-state index in [1.165, 1.54) is 12.1 Å². The van der Waals surface area contributed by atoms with Crippen molar-refractivity contribution in [1.82, 2.24) is 24.3 Å². The molecule has 2 bridgehead atoms. The fraction of sp³-hybridized carbons (Fsp3) is 0.571. The van der Waals surface area contributed by atoms with Crippen LogP contribution in [0.3, 0.4) is 0 Å². The third kappa shape index (κ3) is 3.62. The van der Waals surface area contributed by atoms with Crippen LogP contribution < -0.4 is 5.56 Å². The molecule has 0 radical (unpaired) electrons. The predicted molar refractivity (Wildman–Crippen MR) is 105 cm³/mol. The van der Waals surface area contributed by atoms with Crippen LogP contribution in [0.4, 0.5) is 0 Å². The highest BCUT2D eigenvalue weighted by molar-refractivity contribution is 5.22. The van der Waals surface area contributed by atoms with Crippen molar-refractivity contribution in [2.24, 2.45) is 5.92 Å². The maximum absolute atomic E-state index is 13.2. The number of rotatable bonds is 4. The average Bonchev–Trinajstić information content (AvgIpc) is 2.72. The molecule has 2 fully saturated rings. The second-order valence-electron chi connectivity index (χ2n) is 8.28. The lowest BCUT2D eigenvalue weighted by atomic mass is 9.83. The minimum Gasteiger partial charge on any atom is -0.379 e. The topological polar surface area (TPSA) is 63.5 Å². The lowest BCUT2D eigenvalue weighted by Crippen LogP contribution is -2.47. The molecule has 5 rings (SSSR count). The van der Waals surface area contributed by atoms with Gasteiger partial charge in [-0.2, -0.15) is 0 Å². The molecule has 3 aliphatic heterocycles. The van der Waals surface area contributed by atoms with E-state index >= 15 is 0 Å². The standard InChI is InChI=1S/C21H27N5O2/c27-21-17(13-24-5-7-28-8-6-24)1-2-20-18-9-16(12-26(20)21)11-25(14-18)15-19-10-22-3-4-23-19/h1-4,10,16,18H,5-9,11-15H2/t16-,18+/m0/s1. The Bertz CT molecular complexity index is 878. The zero-order chi connectivity index (χ0) is 18.9. The third-order valence-corrected chi connectivity index (χ3v) is 6.26. The maximum Gasteiger partial charge on any atom is 0.255 e. The summed E-state index contributed by atoms with van der Waals surface area (Å²) in [6, 6.07) is 4.26. The Morgan fingerprint density at radius 3 is 2.75 bits per heavy atom. The van der Waals surface area contributed by atoms with Crippen molar-refractivity contribution in [3.05, 3.63) is 58.0 Å². The van der Waals surface area contributed by atoms with Crippen molar-refractivity contribution in [2.75, 3.05) is 39.4 Å². The van der Waals surface area contributed by atoms with E-state index in [-0.39, 0.29) is 5.56 Å². The number of pyridine rings is 1. The smallest absolute Gasteiger partial charge is 0.255 e. The number of morpholine rings is 1. The summed E-state index contributed by atoms with van der Waals surface area (Å²) in [5, 5.41) is 0. The fourth-order valence-corrected chi connectivity index (χ4v) is 4.98. The Morgan fingerprint density at radius 2 is 1.93 bits per heavy atom. The van der Waals surface area contributed by atoms with Crippen molar-refractivity contribution < 1.29 is 4.74 Å². The molecule has 2 aromatic rings. The fourth-order valence-electron chi connectivity index (χ4n) is 4.98. The Kier molecular flexibility index (Phi) is 4.96. The van der Waals surface area contributed by atoms with Crippen LogP contribution in [0, 0.1) is 5.92 Å². The summed E-state index contributed by atoms with van der Waals surface area (Å²) in [7, 11) is 0. The van der Waals surface area contributed by atoms with Gasteiger partial charge in [-0.05, 0) is 18.4 Å². The van der Waals surface area contributed by atoms with Crippen molar-refractivity contribution in [1.29, 1.82) is 0 Å². The quantitative estimate of drug-likeness (QED) is 0.790. The van der Waals surface area contributed by atoms with Gasteiger partial charge in [-0.15, -0.1) is 0 Å². The molecule has 0 unspecified atom stereocenters. The number of ether oxygens (including phenoxy) is 1. The Hall–Kier alpha value is -2.09. The lowest BCUT2D eigenvalue weighted by Gasteiger charge is -2.43. The van der Waals surface area contributed by atoms with Gasteiger partial charge in [0.15, 0.2) is 0 Å². The van der Waals surface area contributed by atoms with Crippen molar-refractivity contribution in [3.63, 3.8) is 0 Å². The van der Waals surface area contributed by atoms with E-state index in [2.05, 4.69) is 36.5 Å². The van der Waals surface area contributed by atoms with E-state index in [1.807, 2.05) is 6.20 Å². The summed E-state index contributed by atoms with van der Waals surface area (Å²) in [4.78, 5) is 26.6. The second-order valence-corrected chi connectivity index (χ2v) is 8.28. The van der Waals surface area contributed by atoms with Crippen LogP contribution in [0.1, 0.15) is 29.3 Å². The molecule has 28 heavy (non-hydrogen) atoms. The largest absolute Gasteiger partial charge is 0.379 e. The van der Waals surface area contributed by atoms with Crippen molar-refractivity contribution >= 4 is 0 Å². The van der Waals surface area contributed by atoms with Crippen molar-refractivity contribution in [3.8, 4) is 0 Å². The van der Waals surface area contributed by atoms with Gasteiger partial charge in [0, 0.05) is 81.6 Å². The molecule has 2 saturated heterocycles. The minimum absolute atomic E-state index is 0.209. The molecule has 0 aromatic carbocycles. The zero-order valence-electron chi connectivity index (χ0n) is 16.2. The molecule has 7 heteroatoms. The molecule has 7 nitrogen and oxygen atoms in total. The highest BCUT2D eigenvalue weighted by Crippen LogP contribution is 2.35. The molecule has 0 N–H and O–H groups in total. The summed E-state index contributed by atoms with van der Waals surface area (Å²) in [6.07, 6.45) is 6.50. The first kappa shape index (κ1) is 18.0. The molecule has 0 saturated carbocycles. The lowest BCUT2D eigenvalue weighted by molar-refractivity contribution is 0.0338. The first-order chi connectivity index (χ1) is 13.8. The molecule has 148 valence electrons. The van der Waals surface area contributed by atoms with Crippen LogP contribution in [0.5, 0.6) is 0 Å². The third-order valence-electron chi connectivity index (χ3n) is 6.26. The molecule has 0 amide bonds. The van der Waals surface area contributed by atoms with E-state index in [0.29, 0.717) is 11.8 Å². The number of hydrogen-bond acceptors (Lipinski definition) is 6. The van der Waals surface area contributed by atoms with Gasteiger partial charge in [0.2, 0.25) is 0 Å². The Morgan fingerprint density at radius 1 is 1.04 bits per heavy atom. The van der Waals surface area contributed by atoms with E-state index < -0.39 is 0 Å². The number of likely N-dealkylation sites (tertiary alicyclic amines) is 1. The van der Waals surface area contributed by atoms with E-state index in [9.17, 15) is 4.79 Å². The summed E-state index contributed by atoms with van der Waals surface area (Å²) < 4.78 is 7.49. The normalized spacial score (nSPS) is 25.4. The average molecular weight is 381 g/mol. The van der Waals surface area contributed by atoms with Crippen molar-refractivity contribution in [2.45, 2.75) is 32.0 Å². The second kappa shape index (κ2) is 7.73. The number of nitrogens with zero attached hydrogens (tertiary/aromatic N) is 5. The summed E-state index contributed by atoms with van der Waals surface area (Å²) in [5.41, 5.74) is 3.35. The first-order valence-electron chi connectivity index (χ1n) is 10.3. The van der Waals surface area contributed by atoms with E-state index in [0.717, 1.165) is 70.3 Å². The van der Waals surface area contributed by atoms with Gasteiger partial charge in [-0.25, -0.2) is 0 Å². The van der Waals surface area contributed by atoms with Gasteiger partial charge >= 0.3 is 0 Å². The highest BCUT2D eigenvalue weighted by Gasteiger charge is 2.35. The molecular weight excluding hydrogens is 354 g/mol. The van der Waals surface area contributed by atoms with E-state index in [4.69, 9.17) is 4.74 Å². The summed E-state index contributed by atoms with van der Waals surface area (Å²) in [6.45, 7) is 7.74. The van der Waals surface area contributed by atoms with E-state index in [1.54, 1.807) is 12.4 Å².